The van der Waals surface area contributed by atoms with Crippen LogP contribution in [0, 0.1) is 13.8 Å². The van der Waals surface area contributed by atoms with Gasteiger partial charge in [0.1, 0.15) is 0 Å². The van der Waals surface area contributed by atoms with Crippen LogP contribution in [0.25, 0.3) is 0 Å². The molecule has 1 aliphatic carbocycles. The third kappa shape index (κ3) is 2.07. The Kier molecular flexibility index (Phi) is 2.59. The predicted molar refractivity (Wildman–Crippen MR) is 59.9 cm³/mol. The smallest absolute Gasteiger partial charge is 0.0653 e. The van der Waals surface area contributed by atoms with Crippen molar-refractivity contribution in [3.05, 3.63) is 17.0 Å². The largest absolute Gasteiger partial charge is 0.390 e. The molecular formula is C12H20N2O. The van der Waals surface area contributed by atoms with Gasteiger partial charge in [0, 0.05) is 12.2 Å². The molecule has 0 atom stereocenters. The van der Waals surface area contributed by atoms with Gasteiger partial charge in [0.15, 0.2) is 0 Å². The first-order valence-electron chi connectivity index (χ1n) is 5.81. The van der Waals surface area contributed by atoms with E-state index in [1.165, 1.54) is 11.3 Å². The summed E-state index contributed by atoms with van der Waals surface area (Å²) in [6.45, 7) is 7.22. The van der Waals surface area contributed by atoms with Crippen molar-refractivity contribution in [1.29, 1.82) is 0 Å². The Bertz CT molecular complexity index is 364. The molecule has 15 heavy (non-hydrogen) atoms. The number of nitrogens with zero attached hydrogens (tertiary/aromatic N) is 2. The molecule has 1 fully saturated rings. The zero-order valence-corrected chi connectivity index (χ0v) is 9.88. The van der Waals surface area contributed by atoms with Gasteiger partial charge >= 0.3 is 0 Å². The highest BCUT2D eigenvalue weighted by Gasteiger charge is 2.39. The van der Waals surface area contributed by atoms with E-state index >= 15 is 0 Å². The van der Waals surface area contributed by atoms with Gasteiger partial charge in [-0.3, -0.25) is 4.68 Å². The van der Waals surface area contributed by atoms with E-state index in [1.54, 1.807) is 0 Å². The number of hydrogen-bond acceptors (Lipinski definition) is 2. The average Bonchev–Trinajstić information content (AvgIpc) is 2.86. The lowest BCUT2D eigenvalue weighted by atomic mass is 10.0. The average molecular weight is 208 g/mol. The van der Waals surface area contributed by atoms with Crippen LogP contribution in [0.1, 0.15) is 43.1 Å². The number of aryl methyl sites for hydroxylation is 2. The second-order valence-electron chi connectivity index (χ2n) is 4.69. The number of rotatable bonds is 4. The zero-order valence-electron chi connectivity index (χ0n) is 9.88. The van der Waals surface area contributed by atoms with Crippen LogP contribution in [0.2, 0.25) is 0 Å². The normalized spacial score (nSPS) is 18.1. The second-order valence-corrected chi connectivity index (χ2v) is 4.69. The summed E-state index contributed by atoms with van der Waals surface area (Å²) >= 11 is 0. The molecule has 0 amide bonds. The molecule has 0 spiro atoms. The molecule has 0 bridgehead atoms. The molecule has 3 heteroatoms. The van der Waals surface area contributed by atoms with Gasteiger partial charge < -0.3 is 5.11 Å². The molecule has 2 rings (SSSR count). The first-order chi connectivity index (χ1) is 7.06. The van der Waals surface area contributed by atoms with Crippen molar-refractivity contribution in [2.45, 2.75) is 58.6 Å². The van der Waals surface area contributed by atoms with Crippen molar-refractivity contribution in [3.8, 4) is 0 Å². The van der Waals surface area contributed by atoms with Crippen LogP contribution >= 0.6 is 0 Å². The van der Waals surface area contributed by atoms with E-state index < -0.39 is 0 Å². The molecular weight excluding hydrogens is 188 g/mol. The summed E-state index contributed by atoms with van der Waals surface area (Å²) in [6, 6.07) is 0. The van der Waals surface area contributed by atoms with Gasteiger partial charge in [-0.05, 0) is 52.0 Å². The highest BCUT2D eigenvalue weighted by atomic mass is 16.3. The summed E-state index contributed by atoms with van der Waals surface area (Å²) < 4.78 is 2.04. The first-order valence-corrected chi connectivity index (χ1v) is 5.81. The van der Waals surface area contributed by atoms with Crippen molar-refractivity contribution in [3.63, 3.8) is 0 Å². The summed E-state index contributed by atoms with van der Waals surface area (Å²) in [5.41, 5.74) is 3.38. The van der Waals surface area contributed by atoms with E-state index in [0.29, 0.717) is 0 Å². The maximum atomic E-state index is 9.81. The standard InChI is InChI=1S/C12H20N2O/c1-4-14-10(3)11(9(2)13-14)5-6-12(15)7-8-12/h15H,4-8H2,1-3H3. The monoisotopic (exact) mass is 208 g/mol. The molecule has 0 saturated heterocycles. The SMILES string of the molecule is CCn1nc(C)c(CCC2(O)CC2)c1C. The van der Waals surface area contributed by atoms with Crippen LogP contribution < -0.4 is 0 Å². The topological polar surface area (TPSA) is 38.0 Å². The van der Waals surface area contributed by atoms with E-state index in [-0.39, 0.29) is 5.60 Å². The zero-order chi connectivity index (χ0) is 11.1. The van der Waals surface area contributed by atoms with E-state index in [1.807, 2.05) is 4.68 Å². The quantitative estimate of drug-likeness (QED) is 0.821. The Labute approximate surface area is 91.1 Å². The Morgan fingerprint density at radius 1 is 1.40 bits per heavy atom. The van der Waals surface area contributed by atoms with Crippen LogP contribution in [0.4, 0.5) is 0 Å². The van der Waals surface area contributed by atoms with Gasteiger partial charge in [0.2, 0.25) is 0 Å². The second kappa shape index (κ2) is 3.63. The van der Waals surface area contributed by atoms with E-state index in [4.69, 9.17) is 0 Å². The van der Waals surface area contributed by atoms with Gasteiger partial charge in [0.05, 0.1) is 11.3 Å². The lowest BCUT2D eigenvalue weighted by Crippen LogP contribution is -2.08. The van der Waals surface area contributed by atoms with Crippen molar-refractivity contribution < 1.29 is 5.11 Å². The minimum absolute atomic E-state index is 0.340. The van der Waals surface area contributed by atoms with Crippen molar-refractivity contribution in [2.75, 3.05) is 0 Å². The van der Waals surface area contributed by atoms with E-state index in [0.717, 1.165) is 37.9 Å². The third-order valence-electron chi connectivity index (χ3n) is 3.50. The Balaban J connectivity index is 2.09. The molecule has 0 radical (unpaired) electrons. The van der Waals surface area contributed by atoms with Gasteiger partial charge in [-0.1, -0.05) is 0 Å². The van der Waals surface area contributed by atoms with Gasteiger partial charge in [-0.2, -0.15) is 5.10 Å². The maximum Gasteiger partial charge on any atom is 0.0653 e. The number of aliphatic hydroxyl groups is 1. The lowest BCUT2D eigenvalue weighted by Gasteiger charge is -2.07. The molecule has 0 aromatic carbocycles. The fourth-order valence-corrected chi connectivity index (χ4v) is 2.16. The molecule has 0 aliphatic heterocycles. The molecule has 1 aromatic heterocycles. The van der Waals surface area contributed by atoms with Crippen molar-refractivity contribution in [2.24, 2.45) is 0 Å². The minimum atomic E-state index is -0.340. The summed E-state index contributed by atoms with van der Waals surface area (Å²) in [5, 5.41) is 14.3. The summed E-state index contributed by atoms with van der Waals surface area (Å²) in [7, 11) is 0. The summed E-state index contributed by atoms with van der Waals surface area (Å²) in [6.07, 6.45) is 3.82. The van der Waals surface area contributed by atoms with Crippen LogP contribution in [0.15, 0.2) is 0 Å². The fourth-order valence-electron chi connectivity index (χ4n) is 2.16. The predicted octanol–water partition coefficient (Wildman–Crippen LogP) is 1.98. The maximum absolute atomic E-state index is 9.81. The molecule has 1 aromatic rings. The fraction of sp³-hybridized carbons (Fsp3) is 0.750. The molecule has 0 unspecified atom stereocenters. The first kappa shape index (κ1) is 10.7. The molecule has 1 saturated carbocycles. The molecule has 1 N–H and O–H groups in total. The van der Waals surface area contributed by atoms with Crippen molar-refractivity contribution in [1.82, 2.24) is 9.78 Å². The molecule has 84 valence electrons. The minimum Gasteiger partial charge on any atom is -0.390 e. The van der Waals surface area contributed by atoms with Crippen LogP contribution in [-0.4, -0.2) is 20.5 Å². The Morgan fingerprint density at radius 3 is 2.53 bits per heavy atom. The van der Waals surface area contributed by atoms with E-state index in [9.17, 15) is 5.11 Å². The molecule has 3 nitrogen and oxygen atoms in total. The highest BCUT2D eigenvalue weighted by Crippen LogP contribution is 2.39. The Hall–Kier alpha value is -0.830. The van der Waals surface area contributed by atoms with Crippen molar-refractivity contribution >= 4 is 0 Å². The van der Waals surface area contributed by atoms with Gasteiger partial charge in [-0.15, -0.1) is 0 Å². The van der Waals surface area contributed by atoms with Crippen LogP contribution in [0.5, 0.6) is 0 Å². The van der Waals surface area contributed by atoms with Crippen LogP contribution in [-0.2, 0) is 13.0 Å². The molecule has 1 heterocycles. The number of hydrogen-bond donors (Lipinski definition) is 1. The lowest BCUT2D eigenvalue weighted by molar-refractivity contribution is 0.140. The highest BCUT2D eigenvalue weighted by molar-refractivity contribution is 5.25. The third-order valence-corrected chi connectivity index (χ3v) is 3.50. The van der Waals surface area contributed by atoms with Crippen LogP contribution in [0.3, 0.4) is 0 Å². The Morgan fingerprint density at radius 2 is 2.07 bits per heavy atom. The van der Waals surface area contributed by atoms with E-state index in [2.05, 4.69) is 25.9 Å². The summed E-state index contributed by atoms with van der Waals surface area (Å²) in [4.78, 5) is 0. The number of aromatic nitrogens is 2. The van der Waals surface area contributed by atoms with Gasteiger partial charge in [-0.25, -0.2) is 0 Å². The summed E-state index contributed by atoms with van der Waals surface area (Å²) in [5.74, 6) is 0. The molecule has 1 aliphatic rings. The van der Waals surface area contributed by atoms with Gasteiger partial charge in [0.25, 0.3) is 0 Å².